The normalized spacial score (nSPS) is 17.5. The third kappa shape index (κ3) is 3.48. The number of benzene rings is 1. The molecule has 0 aliphatic heterocycles. The van der Waals surface area contributed by atoms with Gasteiger partial charge in [-0.05, 0) is 57.7 Å². The van der Waals surface area contributed by atoms with Crippen LogP contribution in [0.1, 0.15) is 65.9 Å². The first-order valence-corrected chi connectivity index (χ1v) is 9.61. The number of aromatic nitrogens is 1. The molecule has 1 aromatic heterocycles. The molecular weight excluding hydrogens is 328 g/mol. The van der Waals surface area contributed by atoms with E-state index >= 15 is 0 Å². The summed E-state index contributed by atoms with van der Waals surface area (Å²) in [4.78, 5) is 15.3. The zero-order chi connectivity index (χ0) is 18.1. The van der Waals surface area contributed by atoms with E-state index in [1.807, 2.05) is 38.1 Å². The molecule has 2 fully saturated rings. The number of ether oxygens (including phenoxy) is 1. The van der Waals surface area contributed by atoms with E-state index in [4.69, 9.17) is 9.26 Å². The van der Waals surface area contributed by atoms with Crippen molar-refractivity contribution in [1.29, 1.82) is 0 Å². The Balaban J connectivity index is 1.48. The Morgan fingerprint density at radius 2 is 1.92 bits per heavy atom. The molecule has 0 N–H and O–H groups in total. The van der Waals surface area contributed by atoms with Crippen molar-refractivity contribution >= 4 is 5.91 Å². The Morgan fingerprint density at radius 1 is 1.19 bits per heavy atom. The van der Waals surface area contributed by atoms with Gasteiger partial charge in [0.25, 0.3) is 5.91 Å². The molecule has 138 valence electrons. The van der Waals surface area contributed by atoms with Crippen LogP contribution in [0.2, 0.25) is 0 Å². The lowest BCUT2D eigenvalue weighted by Gasteiger charge is -2.29. The number of hydrogen-bond acceptors (Lipinski definition) is 4. The summed E-state index contributed by atoms with van der Waals surface area (Å²) in [7, 11) is 0. The Kier molecular flexibility index (Phi) is 4.70. The van der Waals surface area contributed by atoms with Crippen molar-refractivity contribution < 1.29 is 14.1 Å². The summed E-state index contributed by atoms with van der Waals surface area (Å²) in [5, 5.41) is 3.95. The quantitative estimate of drug-likeness (QED) is 0.771. The van der Waals surface area contributed by atoms with Crippen molar-refractivity contribution in [2.75, 3.05) is 0 Å². The van der Waals surface area contributed by atoms with Crippen LogP contribution < -0.4 is 4.74 Å². The third-order valence-corrected chi connectivity index (χ3v) is 5.54. The van der Waals surface area contributed by atoms with Crippen LogP contribution >= 0.6 is 0 Å². The fourth-order valence-corrected chi connectivity index (χ4v) is 3.90. The number of nitrogens with zero attached hydrogens (tertiary/aromatic N) is 2. The summed E-state index contributed by atoms with van der Waals surface area (Å²) in [5.74, 6) is 1.64. The van der Waals surface area contributed by atoms with Gasteiger partial charge in [-0.1, -0.05) is 24.1 Å². The second kappa shape index (κ2) is 7.14. The minimum absolute atomic E-state index is 0.155. The average Bonchev–Trinajstić information content (AvgIpc) is 3.23. The van der Waals surface area contributed by atoms with Crippen LogP contribution in [0.15, 0.2) is 28.8 Å². The van der Waals surface area contributed by atoms with Gasteiger partial charge in [0.1, 0.15) is 18.1 Å². The van der Waals surface area contributed by atoms with Gasteiger partial charge >= 0.3 is 0 Å². The van der Waals surface area contributed by atoms with Crippen molar-refractivity contribution in [2.45, 2.75) is 71.1 Å². The summed E-state index contributed by atoms with van der Waals surface area (Å²) in [6.45, 7) is 4.19. The first-order chi connectivity index (χ1) is 12.6. The Hall–Kier alpha value is -2.30. The molecule has 0 bridgehead atoms. The van der Waals surface area contributed by atoms with Crippen molar-refractivity contribution in [3.8, 4) is 5.75 Å². The molecule has 0 spiro atoms. The van der Waals surface area contributed by atoms with Crippen molar-refractivity contribution in [3.05, 3.63) is 46.8 Å². The van der Waals surface area contributed by atoms with E-state index in [0.29, 0.717) is 24.4 Å². The van der Waals surface area contributed by atoms with E-state index in [-0.39, 0.29) is 5.91 Å². The molecule has 0 unspecified atom stereocenters. The fourth-order valence-electron chi connectivity index (χ4n) is 3.90. The molecule has 0 radical (unpaired) electrons. The van der Waals surface area contributed by atoms with Gasteiger partial charge in [-0.2, -0.15) is 0 Å². The zero-order valence-electron chi connectivity index (χ0n) is 15.5. The molecule has 1 aromatic carbocycles. The molecule has 0 saturated heterocycles. The summed E-state index contributed by atoms with van der Waals surface area (Å²) >= 11 is 0. The highest BCUT2D eigenvalue weighted by molar-refractivity contribution is 5.95. The number of carbonyl (C=O) groups excluding carboxylic acids is 1. The van der Waals surface area contributed by atoms with E-state index in [2.05, 4.69) is 10.1 Å². The average molecular weight is 354 g/mol. The molecule has 4 rings (SSSR count). The smallest absolute Gasteiger partial charge is 0.254 e. The van der Waals surface area contributed by atoms with Crippen LogP contribution in [0.4, 0.5) is 0 Å². The molecular formula is C21H26N2O3. The van der Waals surface area contributed by atoms with Gasteiger partial charge in [0.2, 0.25) is 0 Å². The Bertz CT molecular complexity index is 769. The summed E-state index contributed by atoms with van der Waals surface area (Å²) in [6, 6.07) is 8.42. The number of aryl methyl sites for hydroxylation is 2. The number of rotatable bonds is 6. The minimum atomic E-state index is 0.155. The van der Waals surface area contributed by atoms with Crippen LogP contribution in [0.25, 0.3) is 0 Å². The van der Waals surface area contributed by atoms with Gasteiger partial charge in [-0.15, -0.1) is 0 Å². The van der Waals surface area contributed by atoms with Crippen molar-refractivity contribution in [3.63, 3.8) is 0 Å². The van der Waals surface area contributed by atoms with E-state index in [0.717, 1.165) is 48.3 Å². The van der Waals surface area contributed by atoms with Crippen LogP contribution in [0, 0.1) is 13.8 Å². The maximum atomic E-state index is 13.2. The molecule has 2 saturated carbocycles. The highest BCUT2D eigenvalue weighted by Crippen LogP contribution is 2.35. The molecule has 2 aromatic rings. The molecule has 1 heterocycles. The lowest BCUT2D eigenvalue weighted by atomic mass is 10.1. The monoisotopic (exact) mass is 354 g/mol. The number of amides is 1. The highest BCUT2D eigenvalue weighted by atomic mass is 16.5. The van der Waals surface area contributed by atoms with Crippen LogP contribution in [0.3, 0.4) is 0 Å². The second-order valence-corrected chi connectivity index (χ2v) is 7.50. The molecule has 26 heavy (non-hydrogen) atoms. The van der Waals surface area contributed by atoms with E-state index in [9.17, 15) is 4.79 Å². The lowest BCUT2D eigenvalue weighted by molar-refractivity contribution is 0.0664. The third-order valence-electron chi connectivity index (χ3n) is 5.54. The summed E-state index contributed by atoms with van der Waals surface area (Å²) in [5.41, 5.74) is 2.53. The molecule has 0 atom stereocenters. The van der Waals surface area contributed by atoms with Crippen molar-refractivity contribution in [2.24, 2.45) is 0 Å². The topological polar surface area (TPSA) is 55.6 Å². The van der Waals surface area contributed by atoms with Gasteiger partial charge in [0.05, 0.1) is 11.3 Å². The fraction of sp³-hybridized carbons (Fsp3) is 0.524. The second-order valence-electron chi connectivity index (χ2n) is 7.50. The van der Waals surface area contributed by atoms with E-state index in [1.54, 1.807) is 0 Å². The summed E-state index contributed by atoms with van der Waals surface area (Å²) < 4.78 is 11.1. The van der Waals surface area contributed by atoms with E-state index < -0.39 is 0 Å². The maximum Gasteiger partial charge on any atom is 0.254 e. The maximum absolute atomic E-state index is 13.2. The van der Waals surface area contributed by atoms with E-state index in [1.165, 1.54) is 12.8 Å². The van der Waals surface area contributed by atoms with Gasteiger partial charge in [-0.25, -0.2) is 0 Å². The first-order valence-electron chi connectivity index (χ1n) is 9.61. The first kappa shape index (κ1) is 17.1. The van der Waals surface area contributed by atoms with Gasteiger partial charge < -0.3 is 14.2 Å². The summed E-state index contributed by atoms with van der Waals surface area (Å²) in [6.07, 6.45) is 7.05. The lowest BCUT2D eigenvalue weighted by Crippen LogP contribution is -2.40. The number of carbonyl (C=O) groups is 1. The standard InChI is InChI=1S/C21H26N2O3/c1-14-20(15(2)26-22-14)13-25-19-9-5-6-16(12-19)21(24)23(18-10-11-18)17-7-3-4-8-17/h5-6,9,12,17-18H,3-4,7-8,10-11,13H2,1-2H3. The minimum Gasteiger partial charge on any atom is -0.489 e. The van der Waals surface area contributed by atoms with Gasteiger partial charge in [-0.3, -0.25) is 4.79 Å². The molecule has 5 nitrogen and oxygen atoms in total. The number of hydrogen-bond donors (Lipinski definition) is 0. The Labute approximate surface area is 154 Å². The predicted molar refractivity (Wildman–Crippen MR) is 98.2 cm³/mol. The van der Waals surface area contributed by atoms with Gasteiger partial charge in [0.15, 0.2) is 0 Å². The largest absolute Gasteiger partial charge is 0.489 e. The predicted octanol–water partition coefficient (Wildman–Crippen LogP) is 4.42. The van der Waals surface area contributed by atoms with Crippen LogP contribution in [0.5, 0.6) is 5.75 Å². The van der Waals surface area contributed by atoms with Gasteiger partial charge in [0, 0.05) is 17.6 Å². The molecule has 1 amide bonds. The van der Waals surface area contributed by atoms with Crippen molar-refractivity contribution in [1.82, 2.24) is 10.1 Å². The highest BCUT2D eigenvalue weighted by Gasteiger charge is 2.38. The molecule has 2 aliphatic carbocycles. The van der Waals surface area contributed by atoms with Crippen LogP contribution in [-0.4, -0.2) is 28.0 Å². The zero-order valence-corrected chi connectivity index (χ0v) is 15.5. The Morgan fingerprint density at radius 3 is 2.58 bits per heavy atom. The molecule has 5 heteroatoms. The molecule has 2 aliphatic rings. The van der Waals surface area contributed by atoms with Crippen LogP contribution in [-0.2, 0) is 6.61 Å². The SMILES string of the molecule is Cc1noc(C)c1COc1cccc(C(=O)N(C2CCCC2)C2CC2)c1.